The molecule has 1 atom stereocenters. The number of nitrogens with zero attached hydrogens (tertiary/aromatic N) is 1. The van der Waals surface area contributed by atoms with Crippen molar-refractivity contribution in [2.75, 3.05) is 11.9 Å². The molecular formula is C11H11F3N2O. The minimum Gasteiger partial charge on any atom is -0.382 e. The highest BCUT2D eigenvalue weighted by atomic mass is 19.4. The van der Waals surface area contributed by atoms with Crippen molar-refractivity contribution in [3.63, 3.8) is 0 Å². The Hall–Kier alpha value is -1.74. The van der Waals surface area contributed by atoms with Crippen LogP contribution < -0.4 is 5.32 Å². The lowest BCUT2D eigenvalue weighted by Crippen LogP contribution is -2.35. The van der Waals surface area contributed by atoms with E-state index in [1.165, 1.54) is 6.07 Å². The summed E-state index contributed by atoms with van der Waals surface area (Å²) in [6, 6.07) is 6.53. The second-order valence-corrected chi connectivity index (χ2v) is 3.58. The lowest BCUT2D eigenvalue weighted by Gasteiger charge is -2.16. The Balaban J connectivity index is 2.73. The summed E-state index contributed by atoms with van der Waals surface area (Å²) in [6.45, 7) is 1.06. The van der Waals surface area contributed by atoms with Crippen LogP contribution in [0.1, 0.15) is 11.1 Å². The van der Waals surface area contributed by atoms with E-state index < -0.39 is 18.8 Å². The normalized spacial score (nSPS) is 12.9. The van der Waals surface area contributed by atoms with Gasteiger partial charge in [0.1, 0.15) is 0 Å². The Bertz CT molecular complexity index is 437. The van der Waals surface area contributed by atoms with Crippen molar-refractivity contribution in [1.29, 1.82) is 5.26 Å². The molecule has 0 aliphatic heterocycles. The zero-order valence-corrected chi connectivity index (χ0v) is 9.04. The summed E-state index contributed by atoms with van der Waals surface area (Å²) in [7, 11) is 0. The molecule has 1 unspecified atom stereocenters. The fraction of sp³-hybridized carbons (Fsp3) is 0.364. The lowest BCUT2D eigenvalue weighted by atomic mass is 10.1. The van der Waals surface area contributed by atoms with Crippen LogP contribution in [0.3, 0.4) is 0 Å². The van der Waals surface area contributed by atoms with Gasteiger partial charge in [-0.25, -0.2) is 0 Å². The van der Waals surface area contributed by atoms with Crippen molar-refractivity contribution in [1.82, 2.24) is 0 Å². The second-order valence-electron chi connectivity index (χ2n) is 3.58. The molecule has 6 heteroatoms. The number of halogens is 3. The van der Waals surface area contributed by atoms with Crippen LogP contribution in [0, 0.1) is 18.3 Å². The molecule has 0 radical (unpaired) electrons. The fourth-order valence-corrected chi connectivity index (χ4v) is 1.20. The summed E-state index contributed by atoms with van der Waals surface area (Å²) in [5, 5.41) is 19.9. The van der Waals surface area contributed by atoms with Crippen LogP contribution in [-0.2, 0) is 0 Å². The van der Waals surface area contributed by atoms with Crippen LogP contribution in [-0.4, -0.2) is 23.9 Å². The van der Waals surface area contributed by atoms with E-state index in [0.717, 1.165) is 0 Å². The Labute approximate surface area is 96.5 Å². The average molecular weight is 244 g/mol. The largest absolute Gasteiger partial charge is 0.416 e. The molecule has 0 bridgehead atoms. The van der Waals surface area contributed by atoms with Gasteiger partial charge in [0.25, 0.3) is 0 Å². The van der Waals surface area contributed by atoms with Crippen molar-refractivity contribution in [3.05, 3.63) is 29.3 Å². The van der Waals surface area contributed by atoms with Crippen molar-refractivity contribution in [3.8, 4) is 6.07 Å². The summed E-state index contributed by atoms with van der Waals surface area (Å²) in [5.41, 5.74) is 1.46. The molecule has 0 saturated carbocycles. The van der Waals surface area contributed by atoms with Gasteiger partial charge in [0, 0.05) is 12.2 Å². The highest BCUT2D eigenvalue weighted by molar-refractivity contribution is 5.55. The van der Waals surface area contributed by atoms with Crippen LogP contribution >= 0.6 is 0 Å². The molecule has 1 rings (SSSR count). The third-order valence-corrected chi connectivity index (χ3v) is 2.23. The smallest absolute Gasteiger partial charge is 0.382 e. The molecule has 0 saturated heterocycles. The van der Waals surface area contributed by atoms with Crippen molar-refractivity contribution in [2.45, 2.75) is 19.2 Å². The molecule has 17 heavy (non-hydrogen) atoms. The van der Waals surface area contributed by atoms with Crippen molar-refractivity contribution >= 4 is 5.69 Å². The number of aryl methyl sites for hydroxylation is 1. The maximum atomic E-state index is 12.1. The van der Waals surface area contributed by atoms with E-state index in [0.29, 0.717) is 16.8 Å². The topological polar surface area (TPSA) is 56.0 Å². The Morgan fingerprint density at radius 1 is 1.47 bits per heavy atom. The summed E-state index contributed by atoms with van der Waals surface area (Å²) in [5.74, 6) is 0. The van der Waals surface area contributed by atoms with Gasteiger partial charge in [0.05, 0.1) is 11.6 Å². The Morgan fingerprint density at radius 2 is 2.12 bits per heavy atom. The van der Waals surface area contributed by atoms with Crippen LogP contribution in [0.25, 0.3) is 0 Å². The summed E-state index contributed by atoms with van der Waals surface area (Å²) in [4.78, 5) is 0. The van der Waals surface area contributed by atoms with Gasteiger partial charge in [0.2, 0.25) is 0 Å². The summed E-state index contributed by atoms with van der Waals surface area (Å²) in [6.07, 6.45) is -7.07. The number of hydrogen-bond donors (Lipinski definition) is 2. The predicted octanol–water partition coefficient (Wildman–Crippen LogP) is 2.20. The third kappa shape index (κ3) is 3.64. The van der Waals surface area contributed by atoms with Gasteiger partial charge in [-0.1, -0.05) is 6.07 Å². The number of aliphatic hydroxyl groups excluding tert-OH is 1. The first kappa shape index (κ1) is 13.3. The van der Waals surface area contributed by atoms with E-state index in [1.54, 1.807) is 19.1 Å². The van der Waals surface area contributed by atoms with E-state index in [9.17, 15) is 13.2 Å². The first-order valence-corrected chi connectivity index (χ1v) is 4.84. The van der Waals surface area contributed by atoms with Gasteiger partial charge in [-0.15, -0.1) is 0 Å². The molecule has 0 spiro atoms. The molecule has 2 N–H and O–H groups in total. The molecular weight excluding hydrogens is 233 g/mol. The first-order valence-electron chi connectivity index (χ1n) is 4.84. The molecule has 0 aliphatic carbocycles. The number of nitrogens with one attached hydrogen (secondary N) is 1. The van der Waals surface area contributed by atoms with Gasteiger partial charge < -0.3 is 10.4 Å². The van der Waals surface area contributed by atoms with Gasteiger partial charge in [0.15, 0.2) is 6.10 Å². The molecule has 0 fully saturated rings. The zero-order chi connectivity index (χ0) is 13.1. The molecule has 0 amide bonds. The minimum atomic E-state index is -4.65. The summed E-state index contributed by atoms with van der Waals surface area (Å²) < 4.78 is 36.2. The van der Waals surface area contributed by atoms with Gasteiger partial charge in [-0.05, 0) is 24.6 Å². The van der Waals surface area contributed by atoms with Crippen molar-refractivity contribution in [2.24, 2.45) is 0 Å². The average Bonchev–Trinajstić information content (AvgIpc) is 2.26. The number of hydrogen-bond acceptors (Lipinski definition) is 3. The number of anilines is 1. The number of benzene rings is 1. The highest BCUT2D eigenvalue weighted by Gasteiger charge is 2.37. The van der Waals surface area contributed by atoms with E-state index >= 15 is 0 Å². The Morgan fingerprint density at radius 3 is 2.65 bits per heavy atom. The van der Waals surface area contributed by atoms with E-state index in [2.05, 4.69) is 5.32 Å². The molecule has 0 aromatic heterocycles. The van der Waals surface area contributed by atoms with Crippen LogP contribution in [0.5, 0.6) is 0 Å². The first-order chi connectivity index (χ1) is 7.84. The standard InChI is InChI=1S/C11H11F3N2O/c1-7-2-3-8(5-15)4-9(7)16-6-10(17)11(12,13)14/h2-4,10,16-17H,6H2,1H3. The molecule has 3 nitrogen and oxygen atoms in total. The van der Waals surface area contributed by atoms with E-state index in [1.807, 2.05) is 6.07 Å². The molecule has 0 aliphatic rings. The Kier molecular flexibility index (Phi) is 3.97. The predicted molar refractivity (Wildman–Crippen MR) is 56.4 cm³/mol. The maximum absolute atomic E-state index is 12.1. The van der Waals surface area contributed by atoms with Crippen LogP contribution in [0.4, 0.5) is 18.9 Å². The molecule has 0 heterocycles. The number of alkyl halides is 3. The highest BCUT2D eigenvalue weighted by Crippen LogP contribution is 2.22. The monoisotopic (exact) mass is 244 g/mol. The van der Waals surface area contributed by atoms with Crippen LogP contribution in [0.2, 0.25) is 0 Å². The SMILES string of the molecule is Cc1ccc(C#N)cc1NCC(O)C(F)(F)F. The van der Waals surface area contributed by atoms with Crippen molar-refractivity contribution < 1.29 is 18.3 Å². The zero-order valence-electron chi connectivity index (χ0n) is 9.04. The summed E-state index contributed by atoms with van der Waals surface area (Å²) >= 11 is 0. The number of rotatable bonds is 3. The molecule has 92 valence electrons. The maximum Gasteiger partial charge on any atom is 0.416 e. The van der Waals surface area contributed by atoms with Crippen LogP contribution in [0.15, 0.2) is 18.2 Å². The molecule has 1 aromatic carbocycles. The minimum absolute atomic E-state index is 0.347. The fourth-order valence-electron chi connectivity index (χ4n) is 1.20. The van der Waals surface area contributed by atoms with Gasteiger partial charge in [-0.3, -0.25) is 0 Å². The lowest BCUT2D eigenvalue weighted by molar-refractivity contribution is -0.198. The van der Waals surface area contributed by atoms with Gasteiger partial charge >= 0.3 is 6.18 Å². The van der Waals surface area contributed by atoms with E-state index in [4.69, 9.17) is 10.4 Å². The molecule has 1 aromatic rings. The number of aliphatic hydroxyl groups is 1. The van der Waals surface area contributed by atoms with E-state index in [-0.39, 0.29) is 0 Å². The van der Waals surface area contributed by atoms with Gasteiger partial charge in [-0.2, -0.15) is 18.4 Å². The third-order valence-electron chi connectivity index (χ3n) is 2.23. The second kappa shape index (κ2) is 5.06. The quantitative estimate of drug-likeness (QED) is 0.857. The number of nitriles is 1.